The number of nitrogens with one attached hydrogen (secondary N) is 1. The lowest BCUT2D eigenvalue weighted by molar-refractivity contribution is 0.0511. The average molecular weight is 352 g/mol. The number of benzene rings is 1. The summed E-state index contributed by atoms with van der Waals surface area (Å²) in [6, 6.07) is 9.69. The number of aromatic amines is 1. The minimum Gasteiger partial charge on any atom is -0.497 e. The van der Waals surface area contributed by atoms with Gasteiger partial charge in [-0.25, -0.2) is 9.97 Å². The van der Waals surface area contributed by atoms with Crippen LogP contribution in [0.1, 0.15) is 23.3 Å². The normalized spacial score (nSPS) is 17.3. The molecule has 0 saturated carbocycles. The maximum absolute atomic E-state index is 12.9. The number of hydrogen-bond acceptors (Lipinski definition) is 5. The first-order valence-corrected chi connectivity index (χ1v) is 8.62. The number of carbonyl (C=O) groups is 1. The lowest BCUT2D eigenvalue weighted by Gasteiger charge is -2.32. The van der Waals surface area contributed by atoms with E-state index in [2.05, 4.69) is 15.0 Å². The summed E-state index contributed by atoms with van der Waals surface area (Å²) in [5.41, 5.74) is 1.46. The predicted molar refractivity (Wildman–Crippen MR) is 96.4 cm³/mol. The van der Waals surface area contributed by atoms with Gasteiger partial charge in [-0.15, -0.1) is 0 Å². The van der Waals surface area contributed by atoms with Crippen molar-refractivity contribution in [2.24, 2.45) is 0 Å². The van der Waals surface area contributed by atoms with Gasteiger partial charge in [-0.05, 0) is 37.1 Å². The molecular weight excluding hydrogens is 332 g/mol. The van der Waals surface area contributed by atoms with Gasteiger partial charge >= 0.3 is 6.01 Å². The molecule has 4 rings (SSSR count). The molecule has 0 radical (unpaired) electrons. The number of ether oxygens (including phenoxy) is 2. The zero-order valence-electron chi connectivity index (χ0n) is 14.5. The molecule has 1 amide bonds. The van der Waals surface area contributed by atoms with Gasteiger partial charge in [0.25, 0.3) is 5.91 Å². The topological polar surface area (TPSA) is 80.3 Å². The Bertz CT molecular complexity index is 910. The van der Waals surface area contributed by atoms with E-state index >= 15 is 0 Å². The lowest BCUT2D eigenvalue weighted by atomic mass is 10.1. The van der Waals surface area contributed by atoms with Crippen LogP contribution in [0.2, 0.25) is 0 Å². The number of fused-ring (bicyclic) bond motifs is 1. The second kappa shape index (κ2) is 7.03. The maximum atomic E-state index is 12.9. The van der Waals surface area contributed by atoms with E-state index in [4.69, 9.17) is 9.47 Å². The lowest BCUT2D eigenvalue weighted by Crippen LogP contribution is -2.44. The Morgan fingerprint density at radius 3 is 2.92 bits per heavy atom. The standard InChI is InChI=1S/C19H20N4O3/c1-25-14-6-5-13-10-17(22-16(13)11-14)18(24)23-9-2-4-15(12-23)26-19-20-7-3-8-21-19/h3,5-8,10-11,15,22H,2,4,9,12H2,1H3. The smallest absolute Gasteiger partial charge is 0.316 e. The molecular formula is C19H20N4O3. The number of methoxy groups -OCH3 is 1. The zero-order chi connectivity index (χ0) is 17.9. The van der Waals surface area contributed by atoms with E-state index in [0.717, 1.165) is 29.5 Å². The van der Waals surface area contributed by atoms with Crippen LogP contribution in [0, 0.1) is 0 Å². The Kier molecular flexibility index (Phi) is 4.43. The summed E-state index contributed by atoms with van der Waals surface area (Å²) in [6.45, 7) is 1.24. The Hall–Kier alpha value is -3.09. The summed E-state index contributed by atoms with van der Waals surface area (Å²) < 4.78 is 11.1. The molecule has 3 heterocycles. The number of carbonyl (C=O) groups excluding carboxylic acids is 1. The fourth-order valence-electron chi connectivity index (χ4n) is 3.23. The van der Waals surface area contributed by atoms with Gasteiger partial charge in [0.15, 0.2) is 0 Å². The van der Waals surface area contributed by atoms with Crippen molar-refractivity contribution in [3.05, 3.63) is 48.4 Å². The molecule has 2 aromatic heterocycles. The van der Waals surface area contributed by atoms with Crippen molar-refractivity contribution in [1.29, 1.82) is 0 Å². The van der Waals surface area contributed by atoms with Gasteiger partial charge in [-0.3, -0.25) is 4.79 Å². The summed E-state index contributed by atoms with van der Waals surface area (Å²) in [7, 11) is 1.63. The number of piperidine rings is 1. The van der Waals surface area contributed by atoms with Crippen LogP contribution in [0.15, 0.2) is 42.7 Å². The molecule has 0 aliphatic carbocycles. The third-order valence-corrected chi connectivity index (χ3v) is 4.54. The van der Waals surface area contributed by atoms with E-state index in [-0.39, 0.29) is 12.0 Å². The van der Waals surface area contributed by atoms with Crippen LogP contribution in [0.3, 0.4) is 0 Å². The van der Waals surface area contributed by atoms with Crippen LogP contribution < -0.4 is 9.47 Å². The van der Waals surface area contributed by atoms with Gasteiger partial charge < -0.3 is 19.4 Å². The molecule has 1 aliphatic rings. The van der Waals surface area contributed by atoms with Gasteiger partial charge in [0.05, 0.1) is 13.7 Å². The van der Waals surface area contributed by atoms with Crippen molar-refractivity contribution in [3.8, 4) is 11.8 Å². The summed E-state index contributed by atoms with van der Waals surface area (Å²) >= 11 is 0. The molecule has 1 atom stereocenters. The first-order chi connectivity index (χ1) is 12.7. The molecule has 7 heteroatoms. The number of nitrogens with zero attached hydrogens (tertiary/aromatic N) is 3. The Morgan fingerprint density at radius 2 is 2.12 bits per heavy atom. The highest BCUT2D eigenvalue weighted by molar-refractivity contribution is 5.98. The molecule has 134 valence electrons. The van der Waals surface area contributed by atoms with E-state index in [9.17, 15) is 4.79 Å². The number of amides is 1. The zero-order valence-corrected chi connectivity index (χ0v) is 14.5. The van der Waals surface area contributed by atoms with Crippen molar-refractivity contribution < 1.29 is 14.3 Å². The Labute approximate surface area is 151 Å². The molecule has 1 aliphatic heterocycles. The van der Waals surface area contributed by atoms with Crippen molar-refractivity contribution in [1.82, 2.24) is 19.9 Å². The highest BCUT2D eigenvalue weighted by Gasteiger charge is 2.27. The van der Waals surface area contributed by atoms with Crippen LogP contribution in [-0.4, -0.2) is 52.1 Å². The molecule has 7 nitrogen and oxygen atoms in total. The van der Waals surface area contributed by atoms with Crippen molar-refractivity contribution in [2.75, 3.05) is 20.2 Å². The minimum atomic E-state index is -0.0976. The predicted octanol–water partition coefficient (Wildman–Crippen LogP) is 2.65. The highest BCUT2D eigenvalue weighted by Crippen LogP contribution is 2.23. The van der Waals surface area contributed by atoms with Crippen molar-refractivity contribution >= 4 is 16.8 Å². The van der Waals surface area contributed by atoms with Crippen molar-refractivity contribution in [2.45, 2.75) is 18.9 Å². The molecule has 1 fully saturated rings. The molecule has 1 saturated heterocycles. The average Bonchev–Trinajstić information content (AvgIpc) is 3.11. The molecule has 0 bridgehead atoms. The number of rotatable bonds is 4. The van der Waals surface area contributed by atoms with Gasteiger partial charge in [0, 0.05) is 35.9 Å². The third-order valence-electron chi connectivity index (χ3n) is 4.54. The van der Waals surface area contributed by atoms with Gasteiger partial charge in [0.1, 0.15) is 17.5 Å². The highest BCUT2D eigenvalue weighted by atomic mass is 16.5. The van der Waals surface area contributed by atoms with Crippen LogP contribution in [0.25, 0.3) is 10.9 Å². The van der Waals surface area contributed by atoms with E-state index in [1.54, 1.807) is 25.6 Å². The number of hydrogen-bond donors (Lipinski definition) is 1. The molecule has 0 spiro atoms. The second-order valence-electron chi connectivity index (χ2n) is 6.30. The SMILES string of the molecule is COc1ccc2cc(C(=O)N3CCCC(Oc4ncccn4)C3)[nH]c2c1. The Balaban J connectivity index is 1.48. The minimum absolute atomic E-state index is 0.0255. The largest absolute Gasteiger partial charge is 0.497 e. The molecule has 3 aromatic rings. The molecule has 1 N–H and O–H groups in total. The van der Waals surface area contributed by atoms with E-state index in [0.29, 0.717) is 24.8 Å². The third kappa shape index (κ3) is 3.33. The molecule has 1 unspecified atom stereocenters. The maximum Gasteiger partial charge on any atom is 0.316 e. The number of aromatic nitrogens is 3. The Morgan fingerprint density at radius 1 is 1.27 bits per heavy atom. The van der Waals surface area contributed by atoms with Gasteiger partial charge in [-0.1, -0.05) is 0 Å². The molecule has 1 aromatic carbocycles. The van der Waals surface area contributed by atoms with Gasteiger partial charge in [0.2, 0.25) is 0 Å². The first-order valence-electron chi connectivity index (χ1n) is 8.62. The summed E-state index contributed by atoms with van der Waals surface area (Å²) in [4.78, 5) is 26.1. The van der Waals surface area contributed by atoms with Crippen molar-refractivity contribution in [3.63, 3.8) is 0 Å². The fourth-order valence-corrected chi connectivity index (χ4v) is 3.23. The van der Waals surface area contributed by atoms with Crippen LogP contribution in [0.4, 0.5) is 0 Å². The van der Waals surface area contributed by atoms with E-state index in [1.165, 1.54) is 0 Å². The van der Waals surface area contributed by atoms with E-state index < -0.39 is 0 Å². The second-order valence-corrected chi connectivity index (χ2v) is 6.30. The molecule has 26 heavy (non-hydrogen) atoms. The fraction of sp³-hybridized carbons (Fsp3) is 0.316. The van der Waals surface area contributed by atoms with Crippen LogP contribution >= 0.6 is 0 Å². The first kappa shape index (κ1) is 16.4. The van der Waals surface area contributed by atoms with E-state index in [1.807, 2.05) is 29.2 Å². The van der Waals surface area contributed by atoms with Crippen LogP contribution in [0.5, 0.6) is 11.8 Å². The summed E-state index contributed by atoms with van der Waals surface area (Å²) in [5.74, 6) is 0.732. The summed E-state index contributed by atoms with van der Waals surface area (Å²) in [6.07, 6.45) is 4.96. The quantitative estimate of drug-likeness (QED) is 0.781. The number of H-pyrrole nitrogens is 1. The monoisotopic (exact) mass is 352 g/mol. The summed E-state index contributed by atoms with van der Waals surface area (Å²) in [5, 5.41) is 0.983. The van der Waals surface area contributed by atoms with Gasteiger partial charge in [-0.2, -0.15) is 0 Å². The number of likely N-dealkylation sites (tertiary alicyclic amines) is 1. The van der Waals surface area contributed by atoms with Crippen LogP contribution in [-0.2, 0) is 0 Å².